The van der Waals surface area contributed by atoms with Crippen LogP contribution in [0.5, 0.6) is 0 Å². The highest BCUT2D eigenvalue weighted by Crippen LogP contribution is 2.34. The van der Waals surface area contributed by atoms with Crippen molar-refractivity contribution in [3.8, 4) is 6.07 Å². The molecule has 1 aromatic carbocycles. The zero-order valence-corrected chi connectivity index (χ0v) is 11.2. The van der Waals surface area contributed by atoms with Crippen LogP contribution in [-0.2, 0) is 11.2 Å². The summed E-state index contributed by atoms with van der Waals surface area (Å²) in [7, 11) is 0. The maximum Gasteiger partial charge on any atom is 0.331 e. The monoisotopic (exact) mass is 279 g/mol. The molecule has 1 N–H and O–H groups in total. The molecule has 0 bridgehead atoms. The van der Waals surface area contributed by atoms with Crippen LogP contribution in [0.15, 0.2) is 42.6 Å². The third-order valence-corrected chi connectivity index (χ3v) is 3.72. The van der Waals surface area contributed by atoms with E-state index in [1.165, 1.54) is 6.20 Å². The summed E-state index contributed by atoms with van der Waals surface area (Å²) in [6.07, 6.45) is 2.29. The smallest absolute Gasteiger partial charge is 0.331 e. The van der Waals surface area contributed by atoms with E-state index in [-0.39, 0.29) is 5.69 Å². The van der Waals surface area contributed by atoms with Crippen molar-refractivity contribution in [2.75, 3.05) is 11.4 Å². The van der Waals surface area contributed by atoms with E-state index in [2.05, 4.69) is 4.98 Å². The molecule has 3 rings (SSSR count). The molecule has 0 radical (unpaired) electrons. The SMILES string of the molecule is N#Cc1ncccc1N1CCc2ccccc2C1C(=O)O. The van der Waals surface area contributed by atoms with Gasteiger partial charge in [0.15, 0.2) is 11.7 Å². The van der Waals surface area contributed by atoms with Crippen LogP contribution in [0.4, 0.5) is 5.69 Å². The Morgan fingerprint density at radius 3 is 2.90 bits per heavy atom. The van der Waals surface area contributed by atoms with Crippen molar-refractivity contribution in [1.82, 2.24) is 4.98 Å². The second-order valence-corrected chi connectivity index (χ2v) is 4.87. The Balaban J connectivity index is 2.12. The van der Waals surface area contributed by atoms with Crippen molar-refractivity contribution in [3.63, 3.8) is 0 Å². The van der Waals surface area contributed by atoms with Gasteiger partial charge in [-0.05, 0) is 29.7 Å². The molecule has 0 saturated carbocycles. The molecule has 1 aliphatic heterocycles. The lowest BCUT2D eigenvalue weighted by Gasteiger charge is -2.36. The molecule has 2 aromatic rings. The maximum absolute atomic E-state index is 11.8. The number of hydrogen-bond acceptors (Lipinski definition) is 4. The van der Waals surface area contributed by atoms with Gasteiger partial charge >= 0.3 is 5.97 Å². The minimum atomic E-state index is -0.921. The lowest BCUT2D eigenvalue weighted by molar-refractivity contribution is -0.138. The number of benzene rings is 1. The van der Waals surface area contributed by atoms with E-state index in [9.17, 15) is 15.2 Å². The van der Waals surface area contributed by atoms with E-state index in [1.807, 2.05) is 30.3 Å². The molecule has 0 amide bonds. The quantitative estimate of drug-likeness (QED) is 0.911. The zero-order chi connectivity index (χ0) is 14.8. The van der Waals surface area contributed by atoms with Gasteiger partial charge in [-0.15, -0.1) is 0 Å². The predicted octanol–water partition coefficient (Wildman–Crippen LogP) is 2.14. The van der Waals surface area contributed by atoms with Gasteiger partial charge in [0, 0.05) is 12.7 Å². The first-order valence-electron chi connectivity index (χ1n) is 6.64. The highest BCUT2D eigenvalue weighted by atomic mass is 16.4. The van der Waals surface area contributed by atoms with Crippen molar-refractivity contribution >= 4 is 11.7 Å². The van der Waals surface area contributed by atoms with Crippen molar-refractivity contribution < 1.29 is 9.90 Å². The van der Waals surface area contributed by atoms with Crippen molar-refractivity contribution in [2.24, 2.45) is 0 Å². The highest BCUT2D eigenvalue weighted by Gasteiger charge is 2.34. The summed E-state index contributed by atoms with van der Waals surface area (Å²) >= 11 is 0. The van der Waals surface area contributed by atoms with E-state index >= 15 is 0 Å². The number of carboxylic acid groups (broad SMARTS) is 1. The van der Waals surface area contributed by atoms with Crippen molar-refractivity contribution in [1.29, 1.82) is 5.26 Å². The number of nitriles is 1. The van der Waals surface area contributed by atoms with Crippen LogP contribution in [0.2, 0.25) is 0 Å². The van der Waals surface area contributed by atoms with Crippen LogP contribution in [0.25, 0.3) is 0 Å². The molecule has 1 atom stereocenters. The Labute approximate surface area is 122 Å². The maximum atomic E-state index is 11.8. The molecule has 0 aliphatic carbocycles. The number of aromatic nitrogens is 1. The van der Waals surface area contributed by atoms with Crippen LogP contribution >= 0.6 is 0 Å². The van der Waals surface area contributed by atoms with Crippen LogP contribution in [0.1, 0.15) is 22.9 Å². The molecule has 1 aliphatic rings. The average molecular weight is 279 g/mol. The van der Waals surface area contributed by atoms with Crippen LogP contribution in [0, 0.1) is 11.3 Å². The molecule has 0 spiro atoms. The number of fused-ring (bicyclic) bond motifs is 1. The molecule has 5 heteroatoms. The largest absolute Gasteiger partial charge is 0.479 e. The number of rotatable bonds is 2. The van der Waals surface area contributed by atoms with E-state index in [0.717, 1.165) is 17.5 Å². The number of pyridine rings is 1. The number of aliphatic carboxylic acids is 1. The van der Waals surface area contributed by atoms with Gasteiger partial charge in [0.05, 0.1) is 5.69 Å². The summed E-state index contributed by atoms with van der Waals surface area (Å²) in [5.74, 6) is -0.921. The molecule has 5 nitrogen and oxygen atoms in total. The minimum Gasteiger partial charge on any atom is -0.479 e. The van der Waals surface area contributed by atoms with Gasteiger partial charge in [0.2, 0.25) is 0 Å². The molecular weight excluding hydrogens is 266 g/mol. The summed E-state index contributed by atoms with van der Waals surface area (Å²) in [5.41, 5.74) is 2.65. The van der Waals surface area contributed by atoms with Crippen LogP contribution < -0.4 is 4.90 Å². The highest BCUT2D eigenvalue weighted by molar-refractivity contribution is 5.82. The third-order valence-electron chi connectivity index (χ3n) is 3.72. The molecule has 21 heavy (non-hydrogen) atoms. The number of nitrogens with zero attached hydrogens (tertiary/aromatic N) is 3. The first-order chi connectivity index (χ1) is 10.2. The number of carboxylic acids is 1. The Hall–Kier alpha value is -2.87. The molecule has 0 fully saturated rings. The normalized spacial score (nSPS) is 16.9. The summed E-state index contributed by atoms with van der Waals surface area (Å²) in [5, 5.41) is 18.8. The molecular formula is C16H13N3O2. The first kappa shape index (κ1) is 13.1. The van der Waals surface area contributed by atoms with E-state index in [1.54, 1.807) is 17.0 Å². The number of carbonyl (C=O) groups is 1. The lowest BCUT2D eigenvalue weighted by atomic mass is 9.92. The summed E-state index contributed by atoms with van der Waals surface area (Å²) in [6.45, 7) is 0.550. The van der Waals surface area contributed by atoms with Crippen molar-refractivity contribution in [2.45, 2.75) is 12.5 Å². The average Bonchev–Trinajstić information content (AvgIpc) is 2.53. The fourth-order valence-corrected chi connectivity index (χ4v) is 2.81. The Morgan fingerprint density at radius 1 is 1.33 bits per heavy atom. The third kappa shape index (κ3) is 2.21. The molecule has 2 heterocycles. The second kappa shape index (κ2) is 5.25. The van der Waals surface area contributed by atoms with Gasteiger partial charge in [0.25, 0.3) is 0 Å². The molecule has 0 saturated heterocycles. The fraction of sp³-hybridized carbons (Fsp3) is 0.188. The number of anilines is 1. The topological polar surface area (TPSA) is 77.2 Å². The Bertz CT molecular complexity index is 736. The van der Waals surface area contributed by atoms with Gasteiger partial charge in [0.1, 0.15) is 6.07 Å². The minimum absolute atomic E-state index is 0.253. The van der Waals surface area contributed by atoms with Crippen LogP contribution in [-0.4, -0.2) is 22.6 Å². The van der Waals surface area contributed by atoms with E-state index < -0.39 is 12.0 Å². The Morgan fingerprint density at radius 2 is 2.14 bits per heavy atom. The fourth-order valence-electron chi connectivity index (χ4n) is 2.81. The number of hydrogen-bond donors (Lipinski definition) is 1. The molecule has 104 valence electrons. The summed E-state index contributed by atoms with van der Waals surface area (Å²) in [6, 6.07) is 12.3. The Kier molecular flexibility index (Phi) is 3.28. The second-order valence-electron chi connectivity index (χ2n) is 4.87. The van der Waals surface area contributed by atoms with Gasteiger partial charge in [-0.1, -0.05) is 24.3 Å². The lowest BCUT2D eigenvalue weighted by Crippen LogP contribution is -2.40. The summed E-state index contributed by atoms with van der Waals surface area (Å²) < 4.78 is 0. The molecule has 1 unspecified atom stereocenters. The van der Waals surface area contributed by atoms with Gasteiger partial charge < -0.3 is 10.0 Å². The van der Waals surface area contributed by atoms with E-state index in [4.69, 9.17) is 0 Å². The van der Waals surface area contributed by atoms with Gasteiger partial charge in [-0.25, -0.2) is 9.78 Å². The first-order valence-corrected chi connectivity index (χ1v) is 6.64. The van der Waals surface area contributed by atoms with E-state index in [0.29, 0.717) is 12.2 Å². The molecule has 1 aromatic heterocycles. The van der Waals surface area contributed by atoms with Gasteiger partial charge in [-0.2, -0.15) is 5.26 Å². The predicted molar refractivity (Wildman–Crippen MR) is 76.8 cm³/mol. The zero-order valence-electron chi connectivity index (χ0n) is 11.2. The van der Waals surface area contributed by atoms with Crippen molar-refractivity contribution in [3.05, 3.63) is 59.4 Å². The van der Waals surface area contributed by atoms with Gasteiger partial charge in [-0.3, -0.25) is 0 Å². The van der Waals surface area contributed by atoms with Crippen LogP contribution in [0.3, 0.4) is 0 Å². The summed E-state index contributed by atoms with van der Waals surface area (Å²) in [4.78, 5) is 17.5. The standard InChI is InChI=1S/C16H13N3O2/c17-10-13-14(6-3-8-18-13)19-9-7-11-4-1-2-5-12(11)15(19)16(20)21/h1-6,8,15H,7,9H2,(H,20,21).